The zero-order valence-electron chi connectivity index (χ0n) is 17.3. The van der Waals surface area contributed by atoms with Crippen LogP contribution in [0, 0.1) is 24.2 Å². The summed E-state index contributed by atoms with van der Waals surface area (Å²) in [6.45, 7) is 3.15. The van der Waals surface area contributed by atoms with E-state index < -0.39 is 5.92 Å². The molecule has 0 spiro atoms. The molecule has 0 radical (unpaired) electrons. The molecule has 2 amide bonds. The van der Waals surface area contributed by atoms with Gasteiger partial charge in [0.25, 0.3) is 0 Å². The number of amides is 2. The van der Waals surface area contributed by atoms with Gasteiger partial charge in [0.1, 0.15) is 11.6 Å². The number of fused-ring (bicyclic) bond motifs is 1. The Bertz CT molecular complexity index is 1200. The highest BCUT2D eigenvalue weighted by Crippen LogP contribution is 2.25. The van der Waals surface area contributed by atoms with Crippen molar-refractivity contribution in [2.24, 2.45) is 5.92 Å². The summed E-state index contributed by atoms with van der Waals surface area (Å²) in [6.07, 6.45) is 1.52. The largest absolute Gasteiger partial charge is 0.383 e. The highest BCUT2D eigenvalue weighted by Gasteiger charge is 2.34. The lowest BCUT2D eigenvalue weighted by Crippen LogP contribution is -2.31. The summed E-state index contributed by atoms with van der Waals surface area (Å²) < 4.78 is 6.47. The first-order chi connectivity index (χ1) is 15.0. The average Bonchev–Trinajstić information content (AvgIpc) is 3.35. The van der Waals surface area contributed by atoms with Crippen LogP contribution in [-0.2, 0) is 14.3 Å². The van der Waals surface area contributed by atoms with E-state index in [1.165, 1.54) is 10.9 Å². The second-order valence-corrected chi connectivity index (χ2v) is 7.47. The third-order valence-corrected chi connectivity index (χ3v) is 5.41. The fraction of sp³-hybridized carbons (Fsp3) is 0.318. The summed E-state index contributed by atoms with van der Waals surface area (Å²) in [6, 6.07) is 11.7. The molecule has 0 bridgehead atoms. The Balaban J connectivity index is 1.62. The van der Waals surface area contributed by atoms with Crippen LogP contribution in [0.5, 0.6) is 0 Å². The number of rotatable bonds is 6. The van der Waals surface area contributed by atoms with Crippen LogP contribution < -0.4 is 5.32 Å². The van der Waals surface area contributed by atoms with E-state index in [1.54, 1.807) is 12.0 Å². The van der Waals surface area contributed by atoms with Gasteiger partial charge in [0.15, 0.2) is 11.6 Å². The van der Waals surface area contributed by atoms with Crippen LogP contribution in [-0.4, -0.2) is 58.3 Å². The van der Waals surface area contributed by atoms with E-state index in [1.807, 2.05) is 37.3 Å². The number of benzene rings is 1. The number of pyridine rings is 1. The van der Waals surface area contributed by atoms with E-state index in [2.05, 4.69) is 21.5 Å². The average molecular weight is 418 g/mol. The normalized spacial score (nSPS) is 16.0. The molecule has 1 saturated heterocycles. The number of para-hydroxylation sites is 1. The van der Waals surface area contributed by atoms with Crippen LogP contribution in [0.25, 0.3) is 16.7 Å². The molecule has 1 atom stereocenters. The Morgan fingerprint density at radius 2 is 2.19 bits per heavy atom. The number of likely N-dealkylation sites (tertiary alicyclic amines) is 1. The maximum Gasteiger partial charge on any atom is 0.230 e. The van der Waals surface area contributed by atoms with E-state index in [4.69, 9.17) is 4.74 Å². The standard InChI is InChI=1S/C22H22N6O3/c1-14-9-19(25-18-6-4-3-5-17(14)18)28-21(16(11-23)12-24-28)26-22(30)15-10-20(29)27(13-15)7-8-31-2/h3-6,9,12,15H,7-8,10,13H2,1-2H3,(H,26,30). The summed E-state index contributed by atoms with van der Waals surface area (Å²) in [5, 5.41) is 17.6. The SMILES string of the molecule is COCCN1CC(C(=O)Nc2c(C#N)cnn2-c2cc(C)c3ccccc3n2)CC1=O. The van der Waals surface area contributed by atoms with E-state index >= 15 is 0 Å². The van der Waals surface area contributed by atoms with Crippen LogP contribution >= 0.6 is 0 Å². The number of carbonyl (C=O) groups excluding carboxylic acids is 2. The summed E-state index contributed by atoms with van der Waals surface area (Å²) in [7, 11) is 1.57. The Kier molecular flexibility index (Phi) is 5.64. The van der Waals surface area contributed by atoms with Gasteiger partial charge in [0.05, 0.1) is 24.2 Å². The molecule has 1 fully saturated rings. The minimum Gasteiger partial charge on any atom is -0.383 e. The lowest BCUT2D eigenvalue weighted by atomic mass is 10.1. The van der Waals surface area contributed by atoms with Crippen LogP contribution in [0.4, 0.5) is 5.82 Å². The van der Waals surface area contributed by atoms with Gasteiger partial charge in [0, 0.05) is 32.0 Å². The molecule has 1 aliphatic heterocycles. The van der Waals surface area contributed by atoms with Crippen LogP contribution in [0.15, 0.2) is 36.5 Å². The monoisotopic (exact) mass is 418 g/mol. The quantitative estimate of drug-likeness (QED) is 0.655. The number of aryl methyl sites for hydroxylation is 1. The number of ether oxygens (including phenoxy) is 1. The van der Waals surface area contributed by atoms with Gasteiger partial charge in [-0.2, -0.15) is 15.0 Å². The molecule has 1 N–H and O–H groups in total. The number of anilines is 1. The number of hydrogen-bond donors (Lipinski definition) is 1. The Morgan fingerprint density at radius 1 is 1.39 bits per heavy atom. The maximum atomic E-state index is 12.9. The van der Waals surface area contributed by atoms with Gasteiger partial charge in [-0.1, -0.05) is 18.2 Å². The minimum absolute atomic E-state index is 0.0852. The van der Waals surface area contributed by atoms with Crippen molar-refractivity contribution < 1.29 is 14.3 Å². The third-order valence-electron chi connectivity index (χ3n) is 5.41. The minimum atomic E-state index is -0.509. The molecule has 3 heterocycles. The smallest absolute Gasteiger partial charge is 0.230 e. The molecule has 9 heteroatoms. The summed E-state index contributed by atoms with van der Waals surface area (Å²) in [5.74, 6) is -0.178. The number of hydrogen-bond acceptors (Lipinski definition) is 6. The van der Waals surface area contributed by atoms with Crippen molar-refractivity contribution in [3.63, 3.8) is 0 Å². The lowest BCUT2D eigenvalue weighted by molar-refractivity contribution is -0.128. The molecular weight excluding hydrogens is 396 g/mol. The molecule has 0 aliphatic carbocycles. The van der Waals surface area contributed by atoms with E-state index in [0.29, 0.717) is 25.5 Å². The summed E-state index contributed by atoms with van der Waals surface area (Å²) in [4.78, 5) is 31.4. The first-order valence-corrected chi connectivity index (χ1v) is 9.94. The number of nitrogens with one attached hydrogen (secondary N) is 1. The van der Waals surface area contributed by atoms with Gasteiger partial charge in [-0.15, -0.1) is 0 Å². The number of carbonyl (C=O) groups is 2. The molecular formula is C22H22N6O3. The molecule has 0 saturated carbocycles. The number of nitriles is 1. The Morgan fingerprint density at radius 3 is 2.97 bits per heavy atom. The molecule has 9 nitrogen and oxygen atoms in total. The van der Waals surface area contributed by atoms with Gasteiger partial charge in [-0.05, 0) is 24.6 Å². The molecule has 3 aromatic rings. The summed E-state index contributed by atoms with van der Waals surface area (Å²) >= 11 is 0. The van der Waals surface area contributed by atoms with Crippen molar-refractivity contribution in [1.29, 1.82) is 5.26 Å². The van der Waals surface area contributed by atoms with Crippen LogP contribution in [0.2, 0.25) is 0 Å². The zero-order chi connectivity index (χ0) is 22.0. The van der Waals surface area contributed by atoms with E-state index in [0.717, 1.165) is 16.5 Å². The molecule has 1 aliphatic rings. The van der Waals surface area contributed by atoms with Crippen molar-refractivity contribution in [1.82, 2.24) is 19.7 Å². The third kappa shape index (κ3) is 3.98. The van der Waals surface area contributed by atoms with Crippen molar-refractivity contribution in [3.05, 3.63) is 47.7 Å². The number of aromatic nitrogens is 3. The second-order valence-electron chi connectivity index (χ2n) is 7.47. The predicted octanol–water partition coefficient (Wildman–Crippen LogP) is 2.03. The molecule has 31 heavy (non-hydrogen) atoms. The first-order valence-electron chi connectivity index (χ1n) is 9.94. The zero-order valence-corrected chi connectivity index (χ0v) is 17.3. The van der Waals surface area contributed by atoms with Crippen molar-refractivity contribution in [2.45, 2.75) is 13.3 Å². The topological polar surface area (TPSA) is 113 Å². The Labute approximate surface area is 179 Å². The maximum absolute atomic E-state index is 12.9. The second kappa shape index (κ2) is 8.53. The van der Waals surface area contributed by atoms with Crippen LogP contribution in [0.3, 0.4) is 0 Å². The summed E-state index contributed by atoms with van der Waals surface area (Å²) in [5.41, 5.74) is 2.02. The van der Waals surface area contributed by atoms with Gasteiger partial charge in [-0.25, -0.2) is 4.98 Å². The number of methoxy groups -OCH3 is 1. The van der Waals surface area contributed by atoms with Crippen LogP contribution in [0.1, 0.15) is 17.5 Å². The first kappa shape index (κ1) is 20.5. The molecule has 1 aromatic carbocycles. The molecule has 1 unspecified atom stereocenters. The van der Waals surface area contributed by atoms with Gasteiger partial charge in [-0.3, -0.25) is 9.59 Å². The molecule has 2 aromatic heterocycles. The fourth-order valence-electron chi connectivity index (χ4n) is 3.75. The highest BCUT2D eigenvalue weighted by atomic mass is 16.5. The van der Waals surface area contributed by atoms with E-state index in [-0.39, 0.29) is 29.6 Å². The highest BCUT2D eigenvalue weighted by molar-refractivity contribution is 5.97. The van der Waals surface area contributed by atoms with Gasteiger partial charge < -0.3 is 15.0 Å². The van der Waals surface area contributed by atoms with Crippen molar-refractivity contribution in [3.8, 4) is 11.9 Å². The van der Waals surface area contributed by atoms with Crippen molar-refractivity contribution in [2.75, 3.05) is 32.1 Å². The van der Waals surface area contributed by atoms with E-state index in [9.17, 15) is 14.9 Å². The van der Waals surface area contributed by atoms with Gasteiger partial charge >= 0.3 is 0 Å². The lowest BCUT2D eigenvalue weighted by Gasteiger charge is -2.16. The predicted molar refractivity (Wildman–Crippen MR) is 114 cm³/mol. The van der Waals surface area contributed by atoms with Gasteiger partial charge in [0.2, 0.25) is 11.8 Å². The Hall–Kier alpha value is -3.77. The molecule has 4 rings (SSSR count). The fourth-order valence-corrected chi connectivity index (χ4v) is 3.75. The number of nitrogens with zero attached hydrogens (tertiary/aromatic N) is 5. The van der Waals surface area contributed by atoms with Crippen molar-refractivity contribution >= 4 is 28.5 Å². The molecule has 158 valence electrons.